The summed E-state index contributed by atoms with van der Waals surface area (Å²) in [7, 11) is 1.48. The maximum absolute atomic E-state index is 13.2. The first-order valence-corrected chi connectivity index (χ1v) is 13.8. The molecule has 0 bridgehead atoms. The van der Waals surface area contributed by atoms with Gasteiger partial charge in [-0.1, -0.05) is 59.8 Å². The van der Waals surface area contributed by atoms with E-state index in [1.165, 1.54) is 18.1 Å². The highest BCUT2D eigenvalue weighted by molar-refractivity contribution is 8.26. The van der Waals surface area contributed by atoms with E-state index in [1.807, 2.05) is 0 Å². The van der Waals surface area contributed by atoms with Crippen LogP contribution in [0.5, 0.6) is 11.5 Å². The first kappa shape index (κ1) is 30.4. The third-order valence-electron chi connectivity index (χ3n) is 6.03. The van der Waals surface area contributed by atoms with Gasteiger partial charge in [-0.25, -0.2) is 0 Å². The van der Waals surface area contributed by atoms with Crippen LogP contribution in [0.2, 0.25) is 5.02 Å². The SMILES string of the molecule is COc1ccc(CC(=O)O)cc1OCCCN1C(=O)C(=Cc2cccc(-c3cc(C(F)(F)F)ccc3Cl)c2)SC1=S. The van der Waals surface area contributed by atoms with Crippen LogP contribution in [-0.2, 0) is 22.2 Å². The molecule has 0 saturated carbocycles. The van der Waals surface area contributed by atoms with Crippen LogP contribution in [0, 0.1) is 0 Å². The molecule has 1 fully saturated rings. The van der Waals surface area contributed by atoms with Crippen molar-refractivity contribution in [1.29, 1.82) is 0 Å². The number of carbonyl (C=O) groups excluding carboxylic acids is 1. The minimum Gasteiger partial charge on any atom is -0.493 e. The number of thiocarbonyl (C=S) groups is 1. The quantitative estimate of drug-likeness (QED) is 0.144. The van der Waals surface area contributed by atoms with E-state index in [0.717, 1.165) is 23.9 Å². The number of rotatable bonds is 10. The summed E-state index contributed by atoms with van der Waals surface area (Å²) in [6.45, 7) is 0.516. The largest absolute Gasteiger partial charge is 0.493 e. The summed E-state index contributed by atoms with van der Waals surface area (Å²) in [6, 6.07) is 14.8. The molecule has 0 radical (unpaired) electrons. The average molecular weight is 622 g/mol. The standard InChI is InChI=1S/C29H23ClF3NO5S2/c1-38-23-9-6-18(15-26(35)36)13-24(23)39-11-3-10-34-27(37)25(41-28(34)40)14-17-4-2-5-19(12-17)21-16-20(29(31,32)33)7-8-22(21)30/h2,4-9,12-14,16H,3,10-11,15H2,1H3,(H,35,36). The number of methoxy groups -OCH3 is 1. The van der Waals surface area contributed by atoms with Crippen molar-refractivity contribution >= 4 is 57.9 Å². The number of halogens is 4. The molecule has 3 aromatic rings. The predicted molar refractivity (Wildman–Crippen MR) is 156 cm³/mol. The number of alkyl halides is 3. The molecular weight excluding hydrogens is 599 g/mol. The Bertz CT molecular complexity index is 1530. The second-order valence-corrected chi connectivity index (χ2v) is 11.0. The Morgan fingerprint density at radius 2 is 1.90 bits per heavy atom. The smallest absolute Gasteiger partial charge is 0.416 e. The zero-order valence-corrected chi connectivity index (χ0v) is 23.9. The first-order valence-electron chi connectivity index (χ1n) is 12.2. The Morgan fingerprint density at radius 3 is 2.61 bits per heavy atom. The van der Waals surface area contributed by atoms with Crippen molar-refractivity contribution in [1.82, 2.24) is 4.90 Å². The van der Waals surface area contributed by atoms with E-state index < -0.39 is 17.7 Å². The normalized spacial score (nSPS) is 14.6. The van der Waals surface area contributed by atoms with Crippen molar-refractivity contribution < 1.29 is 37.3 Å². The van der Waals surface area contributed by atoms with E-state index in [1.54, 1.807) is 48.5 Å². The molecule has 1 saturated heterocycles. The van der Waals surface area contributed by atoms with Crippen molar-refractivity contribution in [3.05, 3.63) is 87.3 Å². The number of benzene rings is 3. The van der Waals surface area contributed by atoms with Crippen LogP contribution in [0.3, 0.4) is 0 Å². The molecule has 0 atom stereocenters. The van der Waals surface area contributed by atoms with Gasteiger partial charge in [-0.3, -0.25) is 14.5 Å². The third kappa shape index (κ3) is 7.60. The summed E-state index contributed by atoms with van der Waals surface area (Å²) in [4.78, 5) is 25.9. The third-order valence-corrected chi connectivity index (χ3v) is 7.74. The topological polar surface area (TPSA) is 76.1 Å². The van der Waals surface area contributed by atoms with E-state index in [-0.39, 0.29) is 29.5 Å². The van der Waals surface area contributed by atoms with Crippen LogP contribution in [-0.4, -0.2) is 46.5 Å². The summed E-state index contributed by atoms with van der Waals surface area (Å²) >= 11 is 12.7. The Labute approximate surface area is 248 Å². The fourth-order valence-corrected chi connectivity index (χ4v) is 5.62. The summed E-state index contributed by atoms with van der Waals surface area (Å²) in [6.07, 6.45) is -2.58. The summed E-state index contributed by atoms with van der Waals surface area (Å²) in [5.41, 5.74) is 1.07. The monoisotopic (exact) mass is 621 g/mol. The van der Waals surface area contributed by atoms with Gasteiger partial charge in [-0.2, -0.15) is 13.2 Å². The molecular formula is C29H23ClF3NO5S2. The van der Waals surface area contributed by atoms with Gasteiger partial charge in [0.15, 0.2) is 11.5 Å². The van der Waals surface area contributed by atoms with Crippen LogP contribution in [0.15, 0.2) is 65.6 Å². The summed E-state index contributed by atoms with van der Waals surface area (Å²) in [5, 5.41) is 9.20. The molecule has 0 unspecified atom stereocenters. The molecule has 1 amide bonds. The molecule has 0 spiro atoms. The molecule has 0 aromatic heterocycles. The number of carboxylic acid groups (broad SMARTS) is 1. The molecule has 1 aliphatic heterocycles. The van der Waals surface area contributed by atoms with Gasteiger partial charge in [0, 0.05) is 17.1 Å². The molecule has 0 aliphatic carbocycles. The number of aliphatic carboxylic acids is 1. The molecule has 1 N–H and O–H groups in total. The fourth-order valence-electron chi connectivity index (χ4n) is 4.09. The number of carboxylic acids is 1. The van der Waals surface area contributed by atoms with Crippen LogP contribution in [0.4, 0.5) is 13.2 Å². The van der Waals surface area contributed by atoms with Crippen LogP contribution < -0.4 is 9.47 Å². The van der Waals surface area contributed by atoms with Crippen molar-refractivity contribution in [2.24, 2.45) is 0 Å². The Morgan fingerprint density at radius 1 is 1.12 bits per heavy atom. The van der Waals surface area contributed by atoms with Crippen LogP contribution in [0.25, 0.3) is 17.2 Å². The lowest BCUT2D eigenvalue weighted by Gasteiger charge is -2.16. The lowest BCUT2D eigenvalue weighted by molar-refractivity contribution is -0.138. The van der Waals surface area contributed by atoms with Gasteiger partial charge in [0.05, 0.1) is 30.6 Å². The number of thioether (sulfide) groups is 1. The Balaban J connectivity index is 1.42. The van der Waals surface area contributed by atoms with E-state index in [2.05, 4.69) is 0 Å². The van der Waals surface area contributed by atoms with Gasteiger partial charge in [0.25, 0.3) is 5.91 Å². The first-order chi connectivity index (χ1) is 19.5. The second kappa shape index (κ2) is 13.0. The number of carbonyl (C=O) groups is 2. The van der Waals surface area contributed by atoms with Crippen molar-refractivity contribution in [3.8, 4) is 22.6 Å². The van der Waals surface area contributed by atoms with E-state index in [9.17, 15) is 22.8 Å². The van der Waals surface area contributed by atoms with Gasteiger partial charge in [0.1, 0.15) is 4.32 Å². The number of amides is 1. The maximum atomic E-state index is 13.2. The maximum Gasteiger partial charge on any atom is 0.416 e. The lowest BCUT2D eigenvalue weighted by atomic mass is 10.0. The Kier molecular flexibility index (Phi) is 9.62. The molecule has 6 nitrogen and oxygen atoms in total. The second-order valence-electron chi connectivity index (χ2n) is 8.91. The lowest BCUT2D eigenvalue weighted by Crippen LogP contribution is -2.29. The molecule has 3 aromatic carbocycles. The highest BCUT2D eigenvalue weighted by atomic mass is 35.5. The van der Waals surface area contributed by atoms with Gasteiger partial charge in [-0.15, -0.1) is 0 Å². The van der Waals surface area contributed by atoms with Crippen molar-refractivity contribution in [2.45, 2.75) is 19.0 Å². The zero-order valence-electron chi connectivity index (χ0n) is 21.5. The van der Waals surface area contributed by atoms with Gasteiger partial charge < -0.3 is 14.6 Å². The minimum atomic E-state index is -4.51. The zero-order chi connectivity index (χ0) is 29.7. The molecule has 41 heavy (non-hydrogen) atoms. The number of ether oxygens (including phenoxy) is 2. The van der Waals surface area contributed by atoms with Crippen molar-refractivity contribution in [2.75, 3.05) is 20.3 Å². The minimum absolute atomic E-state index is 0.154. The molecule has 4 rings (SSSR count). The molecule has 12 heteroatoms. The summed E-state index contributed by atoms with van der Waals surface area (Å²) in [5.74, 6) is -0.392. The molecule has 1 heterocycles. The number of nitrogens with zero attached hydrogens (tertiary/aromatic N) is 1. The van der Waals surface area contributed by atoms with Gasteiger partial charge >= 0.3 is 12.1 Å². The fraction of sp³-hybridized carbons (Fsp3) is 0.207. The van der Waals surface area contributed by atoms with Gasteiger partial charge in [-0.05, 0) is 65.6 Å². The molecule has 1 aliphatic rings. The number of hydrogen-bond acceptors (Lipinski definition) is 6. The van der Waals surface area contributed by atoms with E-state index >= 15 is 0 Å². The molecule has 214 valence electrons. The highest BCUT2D eigenvalue weighted by Gasteiger charge is 2.32. The van der Waals surface area contributed by atoms with Gasteiger partial charge in [0.2, 0.25) is 0 Å². The van der Waals surface area contributed by atoms with E-state index in [4.69, 9.17) is 38.4 Å². The van der Waals surface area contributed by atoms with Crippen molar-refractivity contribution in [3.63, 3.8) is 0 Å². The average Bonchev–Trinajstić information content (AvgIpc) is 3.17. The van der Waals surface area contributed by atoms with E-state index in [0.29, 0.717) is 50.4 Å². The Hall–Kier alpha value is -3.54. The van der Waals surface area contributed by atoms with Crippen LogP contribution in [0.1, 0.15) is 23.1 Å². The highest BCUT2D eigenvalue weighted by Crippen LogP contribution is 2.37. The summed E-state index contributed by atoms with van der Waals surface area (Å²) < 4.78 is 51.1. The predicted octanol–water partition coefficient (Wildman–Crippen LogP) is 7.33. The van der Waals surface area contributed by atoms with Crippen LogP contribution >= 0.6 is 35.6 Å². The number of hydrogen-bond donors (Lipinski definition) is 1.